The molecule has 2 amide bonds. The third kappa shape index (κ3) is 9.22. The lowest BCUT2D eigenvalue weighted by Crippen LogP contribution is -2.39. The SMILES string of the molecule is COc1cc(C(=O)N(C)CCN(C)C(=O)OC(C)(C)C)ccc1Nc1nc2ccc(-c3ccc(CC(=O)Cc4ccc(F)cc4)cc3)cn2n1. The molecule has 0 aliphatic carbocycles. The number of likely N-dealkylation sites (N-methyl/N-ethyl adjacent to an activating group) is 2. The van der Waals surface area contributed by atoms with Crippen molar-refractivity contribution in [3.63, 3.8) is 0 Å². The van der Waals surface area contributed by atoms with Crippen molar-refractivity contribution in [1.29, 1.82) is 0 Å². The van der Waals surface area contributed by atoms with Crippen LogP contribution in [0, 0.1) is 5.82 Å². The summed E-state index contributed by atoms with van der Waals surface area (Å²) in [5, 5.41) is 7.77. The molecule has 0 bridgehead atoms. The Bertz CT molecular complexity index is 1990. The summed E-state index contributed by atoms with van der Waals surface area (Å²) in [5.41, 5.74) is 4.58. The highest BCUT2D eigenvalue weighted by Gasteiger charge is 2.21. The molecule has 1 N–H and O–H groups in total. The molecule has 260 valence electrons. The number of ether oxygens (including phenoxy) is 2. The van der Waals surface area contributed by atoms with Gasteiger partial charge in [0.2, 0.25) is 5.95 Å². The van der Waals surface area contributed by atoms with Crippen LogP contribution in [0.15, 0.2) is 85.1 Å². The number of aromatic nitrogens is 3. The number of benzene rings is 3. The average molecular weight is 681 g/mol. The third-order valence-electron chi connectivity index (χ3n) is 7.85. The van der Waals surface area contributed by atoms with Gasteiger partial charge in [-0.05, 0) is 79.9 Å². The minimum Gasteiger partial charge on any atom is -0.495 e. The molecule has 2 aromatic heterocycles. The first-order valence-corrected chi connectivity index (χ1v) is 16.1. The van der Waals surface area contributed by atoms with E-state index in [1.165, 1.54) is 29.0 Å². The molecule has 0 saturated heterocycles. The number of halogens is 1. The average Bonchev–Trinajstić information content (AvgIpc) is 3.49. The van der Waals surface area contributed by atoms with E-state index in [2.05, 4.69) is 15.4 Å². The van der Waals surface area contributed by atoms with Crippen LogP contribution in [0.2, 0.25) is 0 Å². The summed E-state index contributed by atoms with van der Waals surface area (Å²) in [6, 6.07) is 22.6. The first-order chi connectivity index (χ1) is 23.8. The van der Waals surface area contributed by atoms with Crippen LogP contribution < -0.4 is 10.1 Å². The number of anilines is 2. The summed E-state index contributed by atoms with van der Waals surface area (Å²) in [4.78, 5) is 45.5. The van der Waals surface area contributed by atoms with E-state index in [1.807, 2.05) is 42.6 Å². The van der Waals surface area contributed by atoms with E-state index >= 15 is 0 Å². The molecule has 12 heteroatoms. The monoisotopic (exact) mass is 680 g/mol. The van der Waals surface area contributed by atoms with Gasteiger partial charge >= 0.3 is 6.09 Å². The van der Waals surface area contributed by atoms with E-state index in [0.717, 1.165) is 22.3 Å². The smallest absolute Gasteiger partial charge is 0.410 e. The molecular formula is C38H41FN6O5. The van der Waals surface area contributed by atoms with Crippen molar-refractivity contribution >= 4 is 35.1 Å². The minimum absolute atomic E-state index is 0.0544. The summed E-state index contributed by atoms with van der Waals surface area (Å²) in [6.45, 7) is 6.03. The van der Waals surface area contributed by atoms with Gasteiger partial charge in [0.15, 0.2) is 5.65 Å². The van der Waals surface area contributed by atoms with Gasteiger partial charge in [-0.25, -0.2) is 13.7 Å². The number of methoxy groups -OCH3 is 1. The lowest BCUT2D eigenvalue weighted by Gasteiger charge is -2.26. The second kappa shape index (κ2) is 15.2. The largest absolute Gasteiger partial charge is 0.495 e. The molecule has 0 radical (unpaired) electrons. The maximum Gasteiger partial charge on any atom is 0.410 e. The molecule has 0 saturated carbocycles. The summed E-state index contributed by atoms with van der Waals surface area (Å²) in [7, 11) is 4.82. The summed E-state index contributed by atoms with van der Waals surface area (Å²) >= 11 is 0. The predicted octanol–water partition coefficient (Wildman–Crippen LogP) is 6.58. The van der Waals surface area contributed by atoms with Crippen LogP contribution >= 0.6 is 0 Å². The fourth-order valence-electron chi connectivity index (χ4n) is 5.14. The zero-order chi connectivity index (χ0) is 36.0. The molecule has 2 heterocycles. The number of hydrogen-bond donors (Lipinski definition) is 1. The lowest BCUT2D eigenvalue weighted by molar-refractivity contribution is -0.117. The Labute approximate surface area is 290 Å². The Morgan fingerprint density at radius 2 is 1.46 bits per heavy atom. The number of ketones is 1. The normalized spacial score (nSPS) is 11.3. The lowest BCUT2D eigenvalue weighted by atomic mass is 10.0. The maximum absolute atomic E-state index is 13.2. The molecule has 5 rings (SSSR count). The quantitative estimate of drug-likeness (QED) is 0.157. The van der Waals surface area contributed by atoms with Gasteiger partial charge in [0.1, 0.15) is 23.0 Å². The molecule has 50 heavy (non-hydrogen) atoms. The van der Waals surface area contributed by atoms with Crippen LogP contribution in [0.3, 0.4) is 0 Å². The summed E-state index contributed by atoms with van der Waals surface area (Å²) in [6.07, 6.45) is 1.96. The van der Waals surface area contributed by atoms with Crippen LogP contribution in [0.4, 0.5) is 20.8 Å². The number of fused-ring (bicyclic) bond motifs is 1. The molecule has 0 spiro atoms. The minimum atomic E-state index is -0.603. The van der Waals surface area contributed by atoms with Crippen LogP contribution in [-0.4, -0.2) is 82.1 Å². The summed E-state index contributed by atoms with van der Waals surface area (Å²) < 4.78 is 25.8. The molecule has 0 aliphatic heterocycles. The molecule has 5 aromatic rings. The van der Waals surface area contributed by atoms with Crippen LogP contribution in [0.5, 0.6) is 5.75 Å². The molecule has 0 unspecified atom stereocenters. The maximum atomic E-state index is 13.2. The summed E-state index contributed by atoms with van der Waals surface area (Å²) in [5.74, 6) is 0.287. The molecule has 0 atom stereocenters. The Balaban J connectivity index is 1.20. The highest BCUT2D eigenvalue weighted by atomic mass is 19.1. The van der Waals surface area contributed by atoms with Gasteiger partial charge in [-0.2, -0.15) is 4.98 Å². The topological polar surface area (TPSA) is 118 Å². The Morgan fingerprint density at radius 3 is 2.10 bits per heavy atom. The van der Waals surface area contributed by atoms with Crippen molar-refractivity contribution in [3.05, 3.63) is 108 Å². The Morgan fingerprint density at radius 1 is 0.840 bits per heavy atom. The molecule has 11 nitrogen and oxygen atoms in total. The Kier molecular flexibility index (Phi) is 10.8. The fraction of sp³-hybridized carbons (Fsp3) is 0.289. The van der Waals surface area contributed by atoms with E-state index < -0.39 is 11.7 Å². The van der Waals surface area contributed by atoms with Gasteiger partial charge in [-0.1, -0.05) is 36.4 Å². The van der Waals surface area contributed by atoms with Crippen molar-refractivity contribution in [2.75, 3.05) is 39.6 Å². The van der Waals surface area contributed by atoms with E-state index in [0.29, 0.717) is 41.7 Å². The number of hydrogen-bond acceptors (Lipinski definition) is 8. The van der Waals surface area contributed by atoms with Crippen molar-refractivity contribution in [3.8, 4) is 16.9 Å². The van der Waals surface area contributed by atoms with Crippen molar-refractivity contribution in [1.82, 2.24) is 24.4 Å². The molecular weight excluding hydrogens is 639 g/mol. The van der Waals surface area contributed by atoms with Crippen molar-refractivity contribution in [2.45, 2.75) is 39.2 Å². The standard InChI is InChI=1S/C38H41FN6O5/c1-38(2,3)50-37(48)44(5)20-19-43(4)35(47)28-13-17-32(33(23-28)49-6)40-36-41-34-18-14-29(24-45(34)42-36)27-11-7-25(8-12-27)21-31(46)22-26-9-15-30(39)16-10-26/h7-18,23-24H,19-22H2,1-6H3,(H,40,42). The molecule has 0 fully saturated rings. The first kappa shape index (κ1) is 35.5. The van der Waals surface area contributed by atoms with E-state index in [9.17, 15) is 18.8 Å². The molecule has 3 aromatic carbocycles. The second-order valence-electron chi connectivity index (χ2n) is 13.0. The van der Waals surface area contributed by atoms with Gasteiger partial charge in [0, 0.05) is 57.4 Å². The van der Waals surface area contributed by atoms with Gasteiger partial charge in [0.05, 0.1) is 12.8 Å². The van der Waals surface area contributed by atoms with Crippen LogP contribution in [0.25, 0.3) is 16.8 Å². The van der Waals surface area contributed by atoms with Crippen molar-refractivity contribution < 1.29 is 28.2 Å². The zero-order valence-corrected chi connectivity index (χ0v) is 29.1. The van der Waals surface area contributed by atoms with E-state index in [1.54, 1.807) is 69.7 Å². The first-order valence-electron chi connectivity index (χ1n) is 16.1. The predicted molar refractivity (Wildman–Crippen MR) is 189 cm³/mol. The van der Waals surface area contributed by atoms with Gasteiger partial charge in [-0.15, -0.1) is 5.10 Å². The number of rotatable bonds is 12. The third-order valence-corrected chi connectivity index (χ3v) is 7.85. The number of carbonyl (C=O) groups excluding carboxylic acids is 3. The number of Topliss-reactive ketones (excluding diaryl/α,β-unsaturated/α-hetero) is 1. The van der Waals surface area contributed by atoms with Crippen LogP contribution in [-0.2, 0) is 22.4 Å². The number of pyridine rings is 1. The van der Waals surface area contributed by atoms with Gasteiger partial charge in [-0.3, -0.25) is 9.59 Å². The molecule has 0 aliphatic rings. The number of nitrogens with zero attached hydrogens (tertiary/aromatic N) is 5. The second-order valence-corrected chi connectivity index (χ2v) is 13.0. The zero-order valence-electron chi connectivity index (χ0n) is 29.1. The van der Waals surface area contributed by atoms with E-state index in [4.69, 9.17) is 9.47 Å². The highest BCUT2D eigenvalue weighted by molar-refractivity contribution is 5.95. The number of nitrogens with one attached hydrogen (secondary N) is 1. The van der Waals surface area contributed by atoms with E-state index in [-0.39, 0.29) is 30.3 Å². The fourth-order valence-corrected chi connectivity index (χ4v) is 5.14. The van der Waals surface area contributed by atoms with Gasteiger partial charge < -0.3 is 24.6 Å². The Hall–Kier alpha value is -5.78. The number of amides is 2. The highest BCUT2D eigenvalue weighted by Crippen LogP contribution is 2.29. The van der Waals surface area contributed by atoms with Crippen LogP contribution in [0.1, 0.15) is 42.3 Å². The van der Waals surface area contributed by atoms with Gasteiger partial charge in [0.25, 0.3) is 5.91 Å². The number of carbonyl (C=O) groups is 3. The van der Waals surface area contributed by atoms with Crippen molar-refractivity contribution in [2.24, 2.45) is 0 Å².